The van der Waals surface area contributed by atoms with Gasteiger partial charge in [-0.2, -0.15) is 0 Å². The Kier molecular flexibility index (Phi) is 3.75. The number of ether oxygens (including phenoxy) is 1. The second-order valence-electron chi connectivity index (χ2n) is 3.62. The Bertz CT molecular complexity index is 565. The summed E-state index contributed by atoms with van der Waals surface area (Å²) in [6.45, 7) is -0.392. The molecule has 0 radical (unpaired) electrons. The van der Waals surface area contributed by atoms with E-state index < -0.39 is 13.0 Å². The zero-order valence-corrected chi connectivity index (χ0v) is 10.5. The number of hydrogen-bond donors (Lipinski definition) is 0. The van der Waals surface area contributed by atoms with Crippen molar-refractivity contribution < 1.29 is 17.9 Å². The monoisotopic (exact) mass is 297 g/mol. The number of halogens is 5. The fourth-order valence-electron chi connectivity index (χ4n) is 1.67. The molecular formula is C11H8Cl2F3NO. The molecule has 0 N–H and O–H groups in total. The minimum atomic E-state index is -4.61. The maximum Gasteiger partial charge on any atom is 0.522 e. The zero-order chi connectivity index (χ0) is 13.3. The summed E-state index contributed by atoms with van der Waals surface area (Å²) >= 11 is 11.8. The van der Waals surface area contributed by atoms with Gasteiger partial charge in [0.1, 0.15) is 0 Å². The van der Waals surface area contributed by atoms with Gasteiger partial charge in [-0.25, -0.2) is 0 Å². The van der Waals surface area contributed by atoms with Crippen molar-refractivity contribution in [2.45, 2.75) is 12.9 Å². The van der Waals surface area contributed by atoms with Gasteiger partial charge in [-0.3, -0.25) is 4.74 Å². The van der Waals surface area contributed by atoms with Crippen LogP contribution in [0, 0.1) is 0 Å². The Morgan fingerprint density at radius 1 is 1.22 bits per heavy atom. The summed E-state index contributed by atoms with van der Waals surface area (Å²) < 4.78 is 40.9. The maximum atomic E-state index is 11.9. The van der Waals surface area contributed by atoms with Gasteiger partial charge >= 0.3 is 6.36 Å². The fraction of sp³-hybridized carbons (Fsp3) is 0.273. The number of aromatic nitrogens is 1. The SMILES string of the molecule is FC(F)(F)OCCn1ccc2c(Cl)cc(Cl)cc21. The van der Waals surface area contributed by atoms with Crippen molar-refractivity contribution in [2.24, 2.45) is 0 Å². The summed E-state index contributed by atoms with van der Waals surface area (Å²) in [5.41, 5.74) is 0.679. The van der Waals surface area contributed by atoms with Crippen molar-refractivity contribution in [3.8, 4) is 0 Å². The van der Waals surface area contributed by atoms with E-state index in [4.69, 9.17) is 23.2 Å². The molecule has 0 aliphatic heterocycles. The van der Waals surface area contributed by atoms with Crippen LogP contribution >= 0.6 is 23.2 Å². The molecule has 98 valence electrons. The molecule has 0 amide bonds. The van der Waals surface area contributed by atoms with Gasteiger partial charge in [0.15, 0.2) is 0 Å². The van der Waals surface area contributed by atoms with Crippen LogP contribution in [0.4, 0.5) is 13.2 Å². The summed E-state index contributed by atoms with van der Waals surface area (Å²) in [5.74, 6) is 0. The zero-order valence-electron chi connectivity index (χ0n) is 8.97. The van der Waals surface area contributed by atoms with Crippen LogP contribution in [0.1, 0.15) is 0 Å². The highest BCUT2D eigenvalue weighted by atomic mass is 35.5. The molecule has 7 heteroatoms. The lowest BCUT2D eigenvalue weighted by molar-refractivity contribution is -0.325. The van der Waals surface area contributed by atoms with E-state index in [9.17, 15) is 13.2 Å². The van der Waals surface area contributed by atoms with E-state index in [0.29, 0.717) is 15.6 Å². The van der Waals surface area contributed by atoms with Crippen LogP contribution in [-0.2, 0) is 11.3 Å². The van der Waals surface area contributed by atoms with E-state index in [1.807, 2.05) is 0 Å². The molecule has 0 unspecified atom stereocenters. The Morgan fingerprint density at radius 2 is 1.94 bits per heavy atom. The summed E-state index contributed by atoms with van der Waals surface area (Å²) in [7, 11) is 0. The lowest BCUT2D eigenvalue weighted by atomic mass is 10.2. The molecule has 18 heavy (non-hydrogen) atoms. The molecule has 1 aromatic heterocycles. The molecule has 0 saturated carbocycles. The van der Waals surface area contributed by atoms with Crippen LogP contribution in [0.5, 0.6) is 0 Å². The minimum Gasteiger partial charge on any atom is -0.345 e. The lowest BCUT2D eigenvalue weighted by Gasteiger charge is -2.09. The molecule has 0 bridgehead atoms. The highest BCUT2D eigenvalue weighted by Crippen LogP contribution is 2.28. The summed E-state index contributed by atoms with van der Waals surface area (Å²) in [5, 5.41) is 1.64. The van der Waals surface area contributed by atoms with Gasteiger partial charge in [0.25, 0.3) is 0 Å². The van der Waals surface area contributed by atoms with Crippen LogP contribution in [0.25, 0.3) is 10.9 Å². The number of hydrogen-bond acceptors (Lipinski definition) is 1. The highest BCUT2D eigenvalue weighted by molar-refractivity contribution is 6.38. The van der Waals surface area contributed by atoms with Crippen LogP contribution < -0.4 is 0 Å². The van der Waals surface area contributed by atoms with Gasteiger partial charge in [0.05, 0.1) is 17.1 Å². The molecule has 0 spiro atoms. The summed E-state index contributed by atoms with van der Waals surface area (Å²) in [6.07, 6.45) is -2.97. The summed E-state index contributed by atoms with van der Waals surface area (Å²) in [6, 6.07) is 4.96. The maximum absolute atomic E-state index is 11.9. The van der Waals surface area contributed by atoms with Gasteiger partial charge in [-0.05, 0) is 18.2 Å². The molecule has 1 aromatic carbocycles. The number of alkyl halides is 3. The first-order valence-corrected chi connectivity index (χ1v) is 5.77. The van der Waals surface area contributed by atoms with Crippen molar-refractivity contribution in [1.29, 1.82) is 0 Å². The molecule has 0 aliphatic carbocycles. The minimum absolute atomic E-state index is 0.0691. The number of rotatable bonds is 3. The van der Waals surface area contributed by atoms with E-state index in [1.165, 1.54) is 0 Å². The first-order chi connectivity index (χ1) is 8.37. The Hall–Kier alpha value is -0.910. The Morgan fingerprint density at radius 3 is 2.61 bits per heavy atom. The molecular weight excluding hydrogens is 290 g/mol. The first-order valence-electron chi connectivity index (χ1n) is 5.01. The fourth-order valence-corrected chi connectivity index (χ4v) is 2.22. The molecule has 0 fully saturated rings. The first kappa shape index (κ1) is 13.5. The quantitative estimate of drug-likeness (QED) is 0.814. The van der Waals surface area contributed by atoms with Crippen LogP contribution in [0.2, 0.25) is 10.0 Å². The second kappa shape index (κ2) is 4.99. The standard InChI is InChI=1S/C11H8Cl2F3NO/c12-7-5-9(13)8-1-2-17(10(8)6-7)3-4-18-11(14,15)16/h1-2,5-6H,3-4H2. The molecule has 1 heterocycles. The van der Waals surface area contributed by atoms with Crippen LogP contribution in [-0.4, -0.2) is 17.5 Å². The van der Waals surface area contributed by atoms with Crippen molar-refractivity contribution in [2.75, 3.05) is 6.61 Å². The third-order valence-electron chi connectivity index (χ3n) is 2.40. The topological polar surface area (TPSA) is 14.2 Å². The van der Waals surface area contributed by atoms with Crippen molar-refractivity contribution in [1.82, 2.24) is 4.57 Å². The molecule has 0 saturated heterocycles. The smallest absolute Gasteiger partial charge is 0.345 e. The highest BCUT2D eigenvalue weighted by Gasteiger charge is 2.28. The second-order valence-corrected chi connectivity index (χ2v) is 4.47. The largest absolute Gasteiger partial charge is 0.522 e. The van der Waals surface area contributed by atoms with Crippen molar-refractivity contribution >= 4 is 34.1 Å². The molecule has 0 atom stereocenters. The normalized spacial score (nSPS) is 12.3. The van der Waals surface area contributed by atoms with E-state index >= 15 is 0 Å². The van der Waals surface area contributed by atoms with E-state index in [0.717, 1.165) is 5.39 Å². The lowest BCUT2D eigenvalue weighted by Crippen LogP contribution is -2.17. The van der Waals surface area contributed by atoms with Gasteiger partial charge in [0, 0.05) is 23.2 Å². The molecule has 2 aromatic rings. The number of benzene rings is 1. The van der Waals surface area contributed by atoms with Gasteiger partial charge in [-0.1, -0.05) is 23.2 Å². The van der Waals surface area contributed by atoms with Crippen LogP contribution in [0.3, 0.4) is 0 Å². The van der Waals surface area contributed by atoms with Crippen molar-refractivity contribution in [3.05, 3.63) is 34.4 Å². The predicted molar refractivity (Wildman–Crippen MR) is 64.0 cm³/mol. The van der Waals surface area contributed by atoms with E-state index in [1.54, 1.807) is 29.0 Å². The Labute approximate surface area is 111 Å². The number of nitrogens with zero attached hydrogens (tertiary/aromatic N) is 1. The van der Waals surface area contributed by atoms with E-state index in [-0.39, 0.29) is 6.54 Å². The van der Waals surface area contributed by atoms with Gasteiger partial charge in [-0.15, -0.1) is 13.2 Å². The van der Waals surface area contributed by atoms with Gasteiger partial charge < -0.3 is 4.57 Å². The third kappa shape index (κ3) is 3.10. The molecule has 0 aliphatic rings. The van der Waals surface area contributed by atoms with Gasteiger partial charge in [0.2, 0.25) is 0 Å². The predicted octanol–water partition coefficient (Wildman–Crippen LogP) is 4.48. The molecule has 2 rings (SSSR count). The van der Waals surface area contributed by atoms with Crippen LogP contribution in [0.15, 0.2) is 24.4 Å². The van der Waals surface area contributed by atoms with E-state index in [2.05, 4.69) is 4.74 Å². The summed E-state index contributed by atoms with van der Waals surface area (Å²) in [4.78, 5) is 0. The molecule has 2 nitrogen and oxygen atoms in total. The number of fused-ring (bicyclic) bond motifs is 1. The third-order valence-corrected chi connectivity index (χ3v) is 2.93. The average molecular weight is 298 g/mol. The Balaban J connectivity index is 2.19. The van der Waals surface area contributed by atoms with Crippen molar-refractivity contribution in [3.63, 3.8) is 0 Å². The average Bonchev–Trinajstić information content (AvgIpc) is 2.60.